The molecule has 21 heavy (non-hydrogen) atoms. The summed E-state index contributed by atoms with van der Waals surface area (Å²) in [7, 11) is 1.41. The number of rotatable bonds is 4. The van der Waals surface area contributed by atoms with Crippen molar-refractivity contribution in [3.63, 3.8) is 0 Å². The number of carbonyl (C=O) groups is 1. The topological polar surface area (TPSA) is 94.4 Å². The molecule has 0 unspecified atom stereocenters. The number of hydrogen-bond donors (Lipinski definition) is 1. The molecule has 108 valence electrons. The van der Waals surface area contributed by atoms with Crippen LogP contribution in [-0.4, -0.2) is 22.9 Å². The van der Waals surface area contributed by atoms with E-state index in [4.69, 9.17) is 4.74 Å². The summed E-state index contributed by atoms with van der Waals surface area (Å²) in [6, 6.07) is 7.29. The van der Waals surface area contributed by atoms with E-state index in [1.54, 1.807) is 12.1 Å². The first-order valence-corrected chi connectivity index (χ1v) is 6.56. The maximum atomic E-state index is 12.2. The summed E-state index contributed by atoms with van der Waals surface area (Å²) < 4.78 is 5.60. The molecule has 0 atom stereocenters. The fourth-order valence-corrected chi connectivity index (χ4v) is 2.08. The van der Waals surface area contributed by atoms with E-state index in [0.29, 0.717) is 10.2 Å². The molecule has 0 aliphatic rings. The van der Waals surface area contributed by atoms with Gasteiger partial charge in [-0.15, -0.1) is 0 Å². The van der Waals surface area contributed by atoms with Crippen LogP contribution in [0.1, 0.15) is 10.5 Å². The molecule has 1 aromatic carbocycles. The second kappa shape index (κ2) is 6.31. The average Bonchev–Trinajstić information content (AvgIpc) is 2.47. The minimum absolute atomic E-state index is 0.147. The standard InChI is InChI=1S/C13H10BrN3O4/c1-21-11-5-4-8(17(19)20)7-10(11)16-13(18)12-9(14)3-2-6-15-12/h2-7H,1H3,(H,16,18). The predicted octanol–water partition coefficient (Wildman–Crippen LogP) is 3.01. The minimum atomic E-state index is -0.550. The molecule has 0 saturated heterocycles. The Balaban J connectivity index is 2.34. The number of methoxy groups -OCH3 is 1. The van der Waals surface area contributed by atoms with E-state index < -0.39 is 10.8 Å². The summed E-state index contributed by atoms with van der Waals surface area (Å²) in [6.45, 7) is 0. The highest BCUT2D eigenvalue weighted by atomic mass is 79.9. The molecule has 1 aromatic heterocycles. The van der Waals surface area contributed by atoms with E-state index in [2.05, 4.69) is 26.2 Å². The lowest BCUT2D eigenvalue weighted by Gasteiger charge is -2.10. The van der Waals surface area contributed by atoms with Gasteiger partial charge < -0.3 is 10.1 Å². The normalized spacial score (nSPS) is 10.0. The SMILES string of the molecule is COc1ccc([N+](=O)[O-])cc1NC(=O)c1ncccc1Br. The lowest BCUT2D eigenvalue weighted by atomic mass is 10.2. The quantitative estimate of drug-likeness (QED) is 0.674. The van der Waals surface area contributed by atoms with Crippen LogP contribution in [0.5, 0.6) is 5.75 Å². The van der Waals surface area contributed by atoms with Gasteiger partial charge in [0.05, 0.1) is 17.7 Å². The highest BCUT2D eigenvalue weighted by molar-refractivity contribution is 9.10. The Morgan fingerprint density at radius 2 is 2.19 bits per heavy atom. The second-order valence-electron chi connectivity index (χ2n) is 3.93. The van der Waals surface area contributed by atoms with Crippen molar-refractivity contribution in [2.45, 2.75) is 0 Å². The van der Waals surface area contributed by atoms with Gasteiger partial charge in [-0.3, -0.25) is 14.9 Å². The molecule has 1 heterocycles. The van der Waals surface area contributed by atoms with Crippen molar-refractivity contribution < 1.29 is 14.5 Å². The number of aromatic nitrogens is 1. The first kappa shape index (κ1) is 14.9. The number of hydrogen-bond acceptors (Lipinski definition) is 5. The number of nitro benzene ring substituents is 1. The maximum Gasteiger partial charge on any atom is 0.275 e. The van der Waals surface area contributed by atoms with Gasteiger partial charge in [-0.25, -0.2) is 4.98 Å². The van der Waals surface area contributed by atoms with Gasteiger partial charge in [0.2, 0.25) is 0 Å². The number of benzene rings is 1. The third-order valence-electron chi connectivity index (χ3n) is 2.62. The third-order valence-corrected chi connectivity index (χ3v) is 3.26. The molecule has 1 N–H and O–H groups in total. The lowest BCUT2D eigenvalue weighted by molar-refractivity contribution is -0.384. The number of nitrogens with one attached hydrogen (secondary N) is 1. The van der Waals surface area contributed by atoms with Crippen molar-refractivity contribution in [2.24, 2.45) is 0 Å². The van der Waals surface area contributed by atoms with Gasteiger partial charge in [0.1, 0.15) is 11.4 Å². The molecule has 2 rings (SSSR count). The first-order chi connectivity index (χ1) is 10.0. The van der Waals surface area contributed by atoms with Gasteiger partial charge in [-0.2, -0.15) is 0 Å². The van der Waals surface area contributed by atoms with E-state index >= 15 is 0 Å². The van der Waals surface area contributed by atoms with Crippen LogP contribution in [-0.2, 0) is 0 Å². The summed E-state index contributed by atoms with van der Waals surface area (Å²) >= 11 is 3.22. The smallest absolute Gasteiger partial charge is 0.275 e. The van der Waals surface area contributed by atoms with E-state index in [1.807, 2.05) is 0 Å². The van der Waals surface area contributed by atoms with E-state index in [-0.39, 0.29) is 17.1 Å². The van der Waals surface area contributed by atoms with Gasteiger partial charge >= 0.3 is 0 Å². The predicted molar refractivity (Wildman–Crippen MR) is 79.5 cm³/mol. The Kier molecular flexibility index (Phi) is 4.49. The number of halogens is 1. The zero-order valence-corrected chi connectivity index (χ0v) is 12.5. The number of non-ortho nitro benzene ring substituents is 1. The molecule has 0 radical (unpaired) electrons. The van der Waals surface area contributed by atoms with Gasteiger partial charge in [0, 0.05) is 22.8 Å². The summed E-state index contributed by atoms with van der Waals surface area (Å²) in [5.74, 6) is -0.178. The molecule has 0 bridgehead atoms. The van der Waals surface area contributed by atoms with E-state index in [0.717, 1.165) is 0 Å². The van der Waals surface area contributed by atoms with Crippen LogP contribution in [0.25, 0.3) is 0 Å². The van der Waals surface area contributed by atoms with Crippen molar-refractivity contribution in [2.75, 3.05) is 12.4 Å². The molecule has 2 aromatic rings. The number of carbonyl (C=O) groups excluding carboxylic acids is 1. The largest absolute Gasteiger partial charge is 0.495 e. The summed E-state index contributed by atoms with van der Waals surface area (Å²) in [5.41, 5.74) is 0.228. The first-order valence-electron chi connectivity index (χ1n) is 5.77. The zero-order valence-electron chi connectivity index (χ0n) is 10.9. The molecule has 7 nitrogen and oxygen atoms in total. The Labute approximate surface area is 128 Å². The van der Waals surface area contributed by atoms with Crippen LogP contribution in [0.4, 0.5) is 11.4 Å². The highest BCUT2D eigenvalue weighted by Crippen LogP contribution is 2.29. The Morgan fingerprint density at radius 1 is 1.43 bits per heavy atom. The molecule has 1 amide bonds. The van der Waals surface area contributed by atoms with Crippen LogP contribution < -0.4 is 10.1 Å². The van der Waals surface area contributed by atoms with Gasteiger partial charge in [-0.1, -0.05) is 0 Å². The number of anilines is 1. The summed E-state index contributed by atoms with van der Waals surface area (Å²) in [5, 5.41) is 13.3. The summed E-state index contributed by atoms with van der Waals surface area (Å²) in [4.78, 5) is 26.4. The summed E-state index contributed by atoms with van der Waals surface area (Å²) in [6.07, 6.45) is 1.48. The van der Waals surface area contributed by atoms with Gasteiger partial charge in [-0.05, 0) is 34.1 Å². The molecule has 0 aliphatic carbocycles. The van der Waals surface area contributed by atoms with E-state index in [9.17, 15) is 14.9 Å². The average molecular weight is 352 g/mol. The Bertz CT molecular complexity index is 706. The van der Waals surface area contributed by atoms with Crippen molar-refractivity contribution >= 4 is 33.2 Å². The number of nitro groups is 1. The second-order valence-corrected chi connectivity index (χ2v) is 4.78. The van der Waals surface area contributed by atoms with Crippen LogP contribution in [0.2, 0.25) is 0 Å². The van der Waals surface area contributed by atoms with Crippen molar-refractivity contribution in [1.82, 2.24) is 4.98 Å². The zero-order chi connectivity index (χ0) is 15.4. The fraction of sp³-hybridized carbons (Fsp3) is 0.0769. The lowest BCUT2D eigenvalue weighted by Crippen LogP contribution is -2.15. The van der Waals surface area contributed by atoms with Gasteiger partial charge in [0.25, 0.3) is 11.6 Å². The molecule has 8 heteroatoms. The van der Waals surface area contributed by atoms with Crippen LogP contribution in [0.15, 0.2) is 41.0 Å². The molecular weight excluding hydrogens is 342 g/mol. The molecule has 0 aliphatic heterocycles. The monoisotopic (exact) mass is 351 g/mol. The number of amides is 1. The maximum absolute atomic E-state index is 12.2. The highest BCUT2D eigenvalue weighted by Gasteiger charge is 2.16. The Hall–Kier alpha value is -2.48. The molecule has 0 spiro atoms. The van der Waals surface area contributed by atoms with Crippen LogP contribution in [0, 0.1) is 10.1 Å². The van der Waals surface area contributed by atoms with Crippen molar-refractivity contribution in [3.8, 4) is 5.75 Å². The Morgan fingerprint density at radius 3 is 2.81 bits per heavy atom. The third kappa shape index (κ3) is 3.34. The van der Waals surface area contributed by atoms with Crippen molar-refractivity contribution in [1.29, 1.82) is 0 Å². The molecule has 0 saturated carbocycles. The van der Waals surface area contributed by atoms with Gasteiger partial charge in [0.15, 0.2) is 0 Å². The van der Waals surface area contributed by atoms with Crippen molar-refractivity contribution in [3.05, 3.63) is 56.8 Å². The fourth-order valence-electron chi connectivity index (χ4n) is 1.64. The minimum Gasteiger partial charge on any atom is -0.495 e. The number of pyridine rings is 1. The van der Waals surface area contributed by atoms with Crippen LogP contribution >= 0.6 is 15.9 Å². The van der Waals surface area contributed by atoms with E-state index in [1.165, 1.54) is 31.5 Å². The number of ether oxygens (including phenoxy) is 1. The molecular formula is C13H10BrN3O4. The van der Waals surface area contributed by atoms with Crippen LogP contribution in [0.3, 0.4) is 0 Å². The molecule has 0 fully saturated rings. The number of nitrogens with zero attached hydrogens (tertiary/aromatic N) is 2.